The average Bonchev–Trinajstić information content (AvgIpc) is 3.07. The molecule has 0 bridgehead atoms. The molecule has 1 aromatic carbocycles. The summed E-state index contributed by atoms with van der Waals surface area (Å²) in [6, 6.07) is 7.91. The number of hydrogen-bond donors (Lipinski definition) is 2. The first-order valence-electron chi connectivity index (χ1n) is 7.74. The summed E-state index contributed by atoms with van der Waals surface area (Å²) in [4.78, 5) is 13.6. The van der Waals surface area contributed by atoms with Crippen molar-refractivity contribution in [3.05, 3.63) is 50.9 Å². The van der Waals surface area contributed by atoms with Crippen molar-refractivity contribution in [2.45, 2.75) is 33.1 Å². The third-order valence-corrected chi connectivity index (χ3v) is 5.53. The Morgan fingerprint density at radius 3 is 2.83 bits per heavy atom. The van der Waals surface area contributed by atoms with E-state index in [0.29, 0.717) is 11.1 Å². The molecule has 0 radical (unpaired) electrons. The second-order valence-corrected chi connectivity index (χ2v) is 7.41. The minimum atomic E-state index is -0.243. The van der Waals surface area contributed by atoms with Crippen LogP contribution in [0.5, 0.6) is 0 Å². The maximum atomic E-state index is 12.4. The van der Waals surface area contributed by atoms with E-state index in [9.17, 15) is 10.1 Å². The number of nitriles is 1. The van der Waals surface area contributed by atoms with E-state index >= 15 is 0 Å². The quantitative estimate of drug-likeness (QED) is 0.803. The van der Waals surface area contributed by atoms with E-state index in [4.69, 9.17) is 12.2 Å². The molecule has 2 aromatic rings. The smallest absolute Gasteiger partial charge is 0.257 e. The van der Waals surface area contributed by atoms with Crippen molar-refractivity contribution in [1.82, 2.24) is 5.32 Å². The maximum absolute atomic E-state index is 12.4. The zero-order chi connectivity index (χ0) is 17.3. The number of thiocarbonyl (C=S) groups is 1. The summed E-state index contributed by atoms with van der Waals surface area (Å²) in [5.74, 6) is -0.243. The predicted molar refractivity (Wildman–Crippen MR) is 101 cm³/mol. The largest absolute Gasteiger partial charge is 0.323 e. The van der Waals surface area contributed by atoms with Crippen molar-refractivity contribution < 1.29 is 4.79 Å². The SMILES string of the molecule is Cc1ccc(C(=O)NC(=S)Nc2sc3c(c2C#N)CCC3)c(C)c1. The maximum Gasteiger partial charge on any atom is 0.257 e. The van der Waals surface area contributed by atoms with Crippen molar-refractivity contribution >= 4 is 39.6 Å². The van der Waals surface area contributed by atoms with E-state index in [1.165, 1.54) is 4.88 Å². The Labute approximate surface area is 150 Å². The van der Waals surface area contributed by atoms with Crippen LogP contribution in [0.25, 0.3) is 0 Å². The first-order valence-corrected chi connectivity index (χ1v) is 8.96. The van der Waals surface area contributed by atoms with Crippen molar-refractivity contribution in [2.75, 3.05) is 5.32 Å². The Bertz CT molecular complexity index is 877. The van der Waals surface area contributed by atoms with Crippen LogP contribution in [-0.4, -0.2) is 11.0 Å². The van der Waals surface area contributed by atoms with Crippen molar-refractivity contribution in [3.8, 4) is 6.07 Å². The first-order chi connectivity index (χ1) is 11.5. The summed E-state index contributed by atoms with van der Waals surface area (Å²) in [6.45, 7) is 3.89. The molecule has 0 unspecified atom stereocenters. The molecule has 1 aliphatic carbocycles. The van der Waals surface area contributed by atoms with Crippen molar-refractivity contribution in [1.29, 1.82) is 5.26 Å². The molecule has 6 heteroatoms. The molecule has 24 heavy (non-hydrogen) atoms. The van der Waals surface area contributed by atoms with Gasteiger partial charge in [-0.25, -0.2) is 0 Å². The molecule has 1 aliphatic rings. The van der Waals surface area contributed by atoms with Gasteiger partial charge < -0.3 is 5.32 Å². The minimum absolute atomic E-state index is 0.219. The third kappa shape index (κ3) is 3.18. The zero-order valence-electron chi connectivity index (χ0n) is 13.5. The molecule has 4 nitrogen and oxygen atoms in total. The van der Waals surface area contributed by atoms with E-state index in [0.717, 1.165) is 41.0 Å². The lowest BCUT2D eigenvalue weighted by atomic mass is 10.1. The second kappa shape index (κ2) is 6.71. The van der Waals surface area contributed by atoms with Crippen molar-refractivity contribution in [2.24, 2.45) is 0 Å². The number of carbonyl (C=O) groups excluding carboxylic acids is 1. The van der Waals surface area contributed by atoms with E-state index < -0.39 is 0 Å². The van der Waals surface area contributed by atoms with Gasteiger partial charge in [0.15, 0.2) is 5.11 Å². The number of carbonyl (C=O) groups is 1. The van der Waals surface area contributed by atoms with Crippen LogP contribution in [0.15, 0.2) is 18.2 Å². The summed E-state index contributed by atoms with van der Waals surface area (Å²) in [6.07, 6.45) is 3.06. The summed E-state index contributed by atoms with van der Waals surface area (Å²) in [7, 11) is 0. The van der Waals surface area contributed by atoms with Gasteiger partial charge in [0.1, 0.15) is 11.1 Å². The van der Waals surface area contributed by atoms with Crippen LogP contribution in [-0.2, 0) is 12.8 Å². The number of thiophene rings is 1. The van der Waals surface area contributed by atoms with Gasteiger partial charge in [-0.05, 0) is 62.5 Å². The monoisotopic (exact) mass is 355 g/mol. The van der Waals surface area contributed by atoms with Crippen LogP contribution < -0.4 is 10.6 Å². The van der Waals surface area contributed by atoms with E-state index in [1.807, 2.05) is 26.0 Å². The fraction of sp³-hybridized carbons (Fsp3) is 0.278. The van der Waals surface area contributed by atoms with Gasteiger partial charge in [-0.2, -0.15) is 5.26 Å². The Balaban J connectivity index is 1.72. The van der Waals surface area contributed by atoms with Gasteiger partial charge in [0.05, 0.1) is 5.56 Å². The molecule has 0 fully saturated rings. The van der Waals surface area contributed by atoms with Gasteiger partial charge in [-0.3, -0.25) is 10.1 Å². The number of aryl methyl sites for hydroxylation is 3. The van der Waals surface area contributed by atoms with Crippen molar-refractivity contribution in [3.63, 3.8) is 0 Å². The molecule has 122 valence electrons. The molecule has 1 heterocycles. The van der Waals surface area contributed by atoms with E-state index in [2.05, 4.69) is 16.7 Å². The Morgan fingerprint density at radius 1 is 1.33 bits per heavy atom. The van der Waals surface area contributed by atoms with E-state index in [1.54, 1.807) is 17.4 Å². The Hall–Kier alpha value is -2.23. The number of anilines is 1. The standard InChI is InChI=1S/C18H17N3OS2/c1-10-6-7-12(11(2)8-10)16(22)20-18(23)21-17-14(9-19)13-4-3-5-15(13)24-17/h6-8H,3-5H2,1-2H3,(H2,20,21,22,23). The zero-order valence-corrected chi connectivity index (χ0v) is 15.2. The molecule has 3 rings (SSSR count). The van der Waals surface area contributed by atoms with Gasteiger partial charge >= 0.3 is 0 Å². The number of fused-ring (bicyclic) bond motifs is 1. The number of nitrogens with zero attached hydrogens (tertiary/aromatic N) is 1. The highest BCUT2D eigenvalue weighted by molar-refractivity contribution is 7.80. The minimum Gasteiger partial charge on any atom is -0.323 e. The van der Waals surface area contributed by atoms with Crippen LogP contribution in [0.3, 0.4) is 0 Å². The summed E-state index contributed by atoms with van der Waals surface area (Å²) in [5, 5.41) is 16.1. The number of hydrogen-bond acceptors (Lipinski definition) is 4. The molecular weight excluding hydrogens is 338 g/mol. The van der Waals surface area contributed by atoms with Crippen LogP contribution in [0.1, 0.15) is 43.9 Å². The molecule has 1 aromatic heterocycles. The number of rotatable bonds is 2. The summed E-state index contributed by atoms with van der Waals surface area (Å²) < 4.78 is 0. The normalized spacial score (nSPS) is 12.4. The molecule has 0 atom stereocenters. The molecule has 2 N–H and O–H groups in total. The number of amides is 1. The molecule has 0 saturated heterocycles. The summed E-state index contributed by atoms with van der Waals surface area (Å²) >= 11 is 6.81. The Kier molecular flexibility index (Phi) is 4.65. The van der Waals surface area contributed by atoms with Crippen LogP contribution >= 0.6 is 23.6 Å². The van der Waals surface area contributed by atoms with Gasteiger partial charge in [-0.15, -0.1) is 11.3 Å². The molecular formula is C18H17N3OS2. The average molecular weight is 355 g/mol. The van der Waals surface area contributed by atoms with Gasteiger partial charge in [0.2, 0.25) is 0 Å². The number of benzene rings is 1. The Morgan fingerprint density at radius 2 is 2.12 bits per heavy atom. The molecule has 0 aliphatic heterocycles. The third-order valence-electron chi connectivity index (χ3n) is 4.11. The van der Waals surface area contributed by atoms with Gasteiger partial charge in [-0.1, -0.05) is 17.7 Å². The summed E-state index contributed by atoms with van der Waals surface area (Å²) in [5.41, 5.74) is 4.41. The number of nitrogens with one attached hydrogen (secondary N) is 2. The van der Waals surface area contributed by atoms with Crippen LogP contribution in [0.2, 0.25) is 0 Å². The molecule has 0 spiro atoms. The van der Waals surface area contributed by atoms with E-state index in [-0.39, 0.29) is 11.0 Å². The fourth-order valence-corrected chi connectivity index (χ4v) is 4.49. The van der Waals surface area contributed by atoms with Gasteiger partial charge in [0, 0.05) is 10.4 Å². The first kappa shape index (κ1) is 16.6. The predicted octanol–water partition coefficient (Wildman–Crippen LogP) is 3.85. The highest BCUT2D eigenvalue weighted by Gasteiger charge is 2.22. The second-order valence-electron chi connectivity index (χ2n) is 5.90. The topological polar surface area (TPSA) is 64.9 Å². The highest BCUT2D eigenvalue weighted by Crippen LogP contribution is 2.38. The van der Waals surface area contributed by atoms with Crippen LogP contribution in [0, 0.1) is 25.2 Å². The lowest BCUT2D eigenvalue weighted by Crippen LogP contribution is -2.34. The lowest BCUT2D eigenvalue weighted by molar-refractivity contribution is 0.0977. The molecule has 0 saturated carbocycles. The van der Waals surface area contributed by atoms with Crippen LogP contribution in [0.4, 0.5) is 5.00 Å². The lowest BCUT2D eigenvalue weighted by Gasteiger charge is -2.10. The molecule has 1 amide bonds. The van der Waals surface area contributed by atoms with Gasteiger partial charge in [0.25, 0.3) is 5.91 Å². The fourth-order valence-electron chi connectivity index (χ4n) is 2.98. The highest BCUT2D eigenvalue weighted by atomic mass is 32.1.